The number of ketones is 6. The van der Waals surface area contributed by atoms with Crippen LogP contribution in [0.25, 0.3) is 0 Å². The summed E-state index contributed by atoms with van der Waals surface area (Å²) in [6.07, 6.45) is -4.43. The Kier molecular flexibility index (Phi) is 60.8. The zero-order valence-electron chi connectivity index (χ0n) is 86.5. The van der Waals surface area contributed by atoms with Gasteiger partial charge in [-0.05, 0) is 187 Å². The molecule has 0 spiro atoms. The minimum absolute atomic E-state index is 0.0153. The highest BCUT2D eigenvalue weighted by atomic mass is 16.3. The van der Waals surface area contributed by atoms with Gasteiger partial charge in [0.15, 0.2) is 23.1 Å². The molecule has 146 heavy (non-hydrogen) atoms. The minimum Gasteiger partial charge on any atom is -0.394 e. The Balaban J connectivity index is 0.000000753. The van der Waals surface area contributed by atoms with E-state index >= 15 is 0 Å². The lowest BCUT2D eigenvalue weighted by Gasteiger charge is -2.28. The van der Waals surface area contributed by atoms with Crippen molar-refractivity contribution in [2.24, 2.45) is 81.7 Å². The third kappa shape index (κ3) is 46.8. The topological polar surface area (TPSA) is 767 Å². The van der Waals surface area contributed by atoms with Gasteiger partial charge in [0.05, 0.1) is 61.0 Å². The molecule has 0 aliphatic carbocycles. The fraction of sp³-hybridized carbons (Fsp3) is 0.683. The number of nitrogens with two attached hydrogens (primary N) is 6. The summed E-state index contributed by atoms with van der Waals surface area (Å²) in [4.78, 5) is 276. The second kappa shape index (κ2) is 68.9. The summed E-state index contributed by atoms with van der Waals surface area (Å²) in [5.41, 5.74) is 36.6. The quantitative estimate of drug-likeness (QED) is 0.0283. The number of Topliss-reactive ketones (excluding diaryl/α,β-unsaturated/α-hetero) is 6. The van der Waals surface area contributed by atoms with E-state index in [1.165, 1.54) is 34.6 Å². The molecule has 45 heteroatoms. The van der Waals surface area contributed by atoms with E-state index < -0.39 is 276 Å². The fourth-order valence-electron chi connectivity index (χ4n) is 16.9. The van der Waals surface area contributed by atoms with Crippen LogP contribution >= 0.6 is 0 Å². The van der Waals surface area contributed by atoms with Crippen LogP contribution in [0, 0.1) is 47.3 Å². The van der Waals surface area contributed by atoms with Gasteiger partial charge in [0.25, 0.3) is 0 Å². The lowest BCUT2D eigenvalue weighted by molar-refractivity contribution is -0.137. The molecule has 2 aromatic rings. The van der Waals surface area contributed by atoms with Gasteiger partial charge >= 0.3 is 0 Å². The number of aliphatic hydroxyl groups is 5. The Morgan fingerprint density at radius 1 is 0.377 bits per heavy atom. The summed E-state index contributed by atoms with van der Waals surface area (Å²) in [7, 11) is 0. The molecule has 2 saturated heterocycles. The minimum atomic E-state index is -1.64. The molecule has 2 fully saturated rings. The van der Waals surface area contributed by atoms with E-state index in [2.05, 4.69) is 81.4 Å². The predicted molar refractivity (Wildman–Crippen MR) is 541 cm³/mol. The highest BCUT2D eigenvalue weighted by Crippen LogP contribution is 2.25. The number of amides is 14. The van der Waals surface area contributed by atoms with Crippen LogP contribution < -0.4 is 109 Å². The van der Waals surface area contributed by atoms with Crippen LogP contribution in [0.1, 0.15) is 235 Å². The molecule has 31 N–H and O–H groups in total. The molecule has 4 rings (SSSR count). The fourth-order valence-corrected chi connectivity index (χ4v) is 16.9. The first-order valence-electron chi connectivity index (χ1n) is 51.1. The largest absolute Gasteiger partial charge is 0.394 e. The Morgan fingerprint density at radius 3 is 1.01 bits per heavy atom. The van der Waals surface area contributed by atoms with Crippen molar-refractivity contribution in [3.8, 4) is 0 Å². The normalized spacial score (nSPS) is 24.1. The number of hydrogen-bond donors (Lipinski definition) is 25. The zero-order valence-corrected chi connectivity index (χ0v) is 86.5. The van der Waals surface area contributed by atoms with Gasteiger partial charge in [-0.3, -0.25) is 91.1 Å². The number of unbranched alkanes of at least 4 members (excludes halogenated alkanes) is 4. The summed E-state index contributed by atoms with van der Waals surface area (Å²) in [5, 5.41) is 88.6. The molecule has 0 radical (unpaired) electrons. The van der Waals surface area contributed by atoms with Crippen molar-refractivity contribution in [1.82, 2.24) is 74.4 Å². The van der Waals surface area contributed by atoms with Crippen LogP contribution in [0.15, 0.2) is 60.7 Å². The smallest absolute Gasteiger partial charge is 0.245 e. The number of carbonyl (C=O) groups is 20. The highest BCUT2D eigenvalue weighted by Gasteiger charge is 2.42. The van der Waals surface area contributed by atoms with Crippen molar-refractivity contribution in [2.45, 2.75) is 334 Å². The van der Waals surface area contributed by atoms with E-state index in [1.54, 1.807) is 81.4 Å². The van der Waals surface area contributed by atoms with E-state index in [-0.39, 0.29) is 173 Å². The summed E-state index contributed by atoms with van der Waals surface area (Å²) < 4.78 is 0. The molecule has 22 atom stereocenters. The van der Waals surface area contributed by atoms with E-state index in [4.69, 9.17) is 34.4 Å². The number of rotatable bonds is 46. The van der Waals surface area contributed by atoms with Crippen LogP contribution in [0.4, 0.5) is 0 Å². The molecule has 0 bridgehead atoms. The second-order valence-corrected chi connectivity index (χ2v) is 38.9. The van der Waals surface area contributed by atoms with Crippen LogP contribution in [0.2, 0.25) is 0 Å². The molecule has 2 heterocycles. The molecule has 2 aromatic carbocycles. The Hall–Kier alpha value is -11.4. The number of hydrogen-bond acceptors (Lipinski definition) is 31. The monoisotopic (exact) mass is 2060 g/mol. The zero-order chi connectivity index (χ0) is 110. The highest BCUT2D eigenvalue weighted by molar-refractivity contribution is 6.02. The molecule has 0 aromatic heterocycles. The van der Waals surface area contributed by atoms with E-state index in [0.29, 0.717) is 17.5 Å². The van der Waals surface area contributed by atoms with E-state index in [0.717, 1.165) is 25.7 Å². The van der Waals surface area contributed by atoms with Gasteiger partial charge in [0, 0.05) is 81.7 Å². The molecule has 820 valence electrons. The van der Waals surface area contributed by atoms with Crippen molar-refractivity contribution in [2.75, 3.05) is 59.0 Å². The van der Waals surface area contributed by atoms with Gasteiger partial charge in [-0.25, -0.2) is 0 Å². The summed E-state index contributed by atoms with van der Waals surface area (Å²) >= 11 is 0. The number of aliphatic hydroxyl groups excluding tert-OH is 5. The summed E-state index contributed by atoms with van der Waals surface area (Å²) in [5.74, 6) is -22.5. The first-order chi connectivity index (χ1) is 69.2. The molecular formula is C101H166N20O25. The maximum absolute atomic E-state index is 14.5. The predicted octanol–water partition coefficient (Wildman–Crippen LogP) is -3.74. The standard InChI is InChI=1S/C54H90N10O12.C47H76N10O13/c1-7-9-10-11-15-18-38(67)31-39(33(5)65)50(72)59-40(8-2)45(68)29-36-22-26-58-54(76)47(34(6)66)64-52(74)43(21-25-57)61-51(73)42(20-24-56)62-53(75)44(27-32(3)4)63-49(71)37(28-35-16-13-12-14-17-35)30-46(69)41(19-23-55)60-48(36)70;1-25(2)19-36-46(69)54-34(12-16-49)44(67)53-35(13-17-50)45(68)57-40(28(5)61)47(70)51-18-14-30(22-39(63)37(24-58)56-43(66)32(27(4)60)20-26(3)59)41(64)52-33(11-15-48)38(62)23-31(42(65)55-36)21-29-9-7-6-8-10-29/h12-14,16-17,32-34,36-37,39-44,47,65-66H,7-11,15,18-31,55-57H2,1-6H3,(H,58,76)(H,59,72)(H,60,70)(H,61,73)(H,62,75)(H,63,71)(H,64,74);6-10,25,27-28,30-37,40,58,60-61H,11-24,48-50H2,1-5H3,(H,51,70)(H,52,64)(H,53,67)(H,54,69)(H,55,65)(H,56,66)(H,57,68)/t33-,34-,36-,37+,39+,40+,41+,42+,43+,44+,47?;27-,28-,30-,31+,32+,33+,34+,35+,36+,37-,40?/m11/s1. The molecule has 0 saturated carbocycles. The van der Waals surface area contributed by atoms with E-state index in [1.807, 2.05) is 13.8 Å². The van der Waals surface area contributed by atoms with Crippen molar-refractivity contribution < 1.29 is 121 Å². The number of carbonyl (C=O) groups excluding carboxylic acids is 20. The van der Waals surface area contributed by atoms with Crippen LogP contribution in [0.5, 0.6) is 0 Å². The first-order valence-corrected chi connectivity index (χ1v) is 51.1. The van der Waals surface area contributed by atoms with Crippen LogP contribution in [0.3, 0.4) is 0 Å². The summed E-state index contributed by atoms with van der Waals surface area (Å²) in [6, 6.07) is 1.10. The lowest BCUT2D eigenvalue weighted by Crippen LogP contribution is -2.60. The van der Waals surface area contributed by atoms with Crippen molar-refractivity contribution in [3.63, 3.8) is 0 Å². The van der Waals surface area contributed by atoms with E-state index in [9.17, 15) is 121 Å². The first kappa shape index (κ1) is 129. The summed E-state index contributed by atoms with van der Waals surface area (Å²) in [6.45, 7) is 15.0. The van der Waals surface area contributed by atoms with Gasteiger partial charge in [0.1, 0.15) is 65.9 Å². The molecule has 2 aliphatic heterocycles. The Labute approximate surface area is 855 Å². The molecule has 45 nitrogen and oxygen atoms in total. The van der Waals surface area contributed by atoms with Crippen molar-refractivity contribution in [1.29, 1.82) is 0 Å². The SMILES string of the molecule is CC(=O)C[C@H](C(=O)N[C@H](CO)C(=O)C[C@H]1CCNC(=O)C([C@@H](C)O)NC(=O)[C@H](CCN)NC(=O)[C@H](CCN)NC(=O)[C@H](CC(C)C)NC(=O)[C@@H](Cc2ccccc2)CC(=O)[C@H](CCN)NC1=O)[C@@H](C)O.CCCCCCCC(=O)C[C@H](C(=O)N[C@@H](CC)C(=O)C[C@H]1CCNC(=O)C([C@@H](C)O)NC(=O)[C@H](CCN)NC(=O)[C@H](CCN)NC(=O)[C@H](CC(C)C)NC(=O)[C@@H](Cc2ccccc2)CC(=O)[C@H](CCN)NC1=O)[C@@H](C)O. The lowest BCUT2D eigenvalue weighted by atomic mass is 9.89. The van der Waals surface area contributed by atoms with Crippen molar-refractivity contribution >= 4 is 117 Å². The van der Waals surface area contributed by atoms with Gasteiger partial charge in [-0.15, -0.1) is 0 Å². The maximum atomic E-state index is 14.5. The Bertz CT molecular complexity index is 4530. The van der Waals surface area contributed by atoms with Gasteiger partial charge in [0.2, 0.25) is 82.7 Å². The third-order valence-corrected chi connectivity index (χ3v) is 25.3. The Morgan fingerprint density at radius 2 is 0.685 bits per heavy atom. The molecular weight excluding hydrogens is 1890 g/mol. The molecule has 2 aliphatic rings. The van der Waals surface area contributed by atoms with Crippen LogP contribution in [-0.4, -0.2) is 299 Å². The van der Waals surface area contributed by atoms with Gasteiger partial charge in [-0.2, -0.15) is 0 Å². The molecule has 2 unspecified atom stereocenters. The number of benzene rings is 2. The van der Waals surface area contributed by atoms with Gasteiger partial charge in [-0.1, -0.05) is 128 Å². The van der Waals surface area contributed by atoms with Crippen LogP contribution in [-0.2, 0) is 109 Å². The third-order valence-electron chi connectivity index (χ3n) is 25.3. The maximum Gasteiger partial charge on any atom is 0.245 e. The average Bonchev–Trinajstić information content (AvgIpc) is 1.20. The second-order valence-electron chi connectivity index (χ2n) is 38.9. The number of nitrogens with one attached hydrogen (secondary N) is 14. The molecule has 14 amide bonds. The average molecular weight is 2060 g/mol. The van der Waals surface area contributed by atoms with Gasteiger partial charge < -0.3 is 139 Å². The van der Waals surface area contributed by atoms with Crippen molar-refractivity contribution in [3.05, 3.63) is 71.8 Å².